The smallest absolute Gasteiger partial charge is 0.253 e. The van der Waals surface area contributed by atoms with Crippen molar-refractivity contribution in [3.05, 3.63) is 23.5 Å². The third-order valence-electron chi connectivity index (χ3n) is 3.33. The van der Waals surface area contributed by atoms with Crippen molar-refractivity contribution in [3.8, 4) is 0 Å². The summed E-state index contributed by atoms with van der Waals surface area (Å²) in [5, 5.41) is 3.01. The summed E-state index contributed by atoms with van der Waals surface area (Å²) in [6.45, 7) is 8.40. The normalized spacial score (nSPS) is 16.7. The first kappa shape index (κ1) is 12.2. The number of fused-ring (bicyclic) bond motifs is 1. The molecular formula is C13H20N2O2. The van der Waals surface area contributed by atoms with Crippen LogP contribution in [0, 0.1) is 5.92 Å². The van der Waals surface area contributed by atoms with E-state index in [2.05, 4.69) is 23.7 Å². The van der Waals surface area contributed by atoms with Gasteiger partial charge >= 0.3 is 0 Å². The maximum Gasteiger partial charge on any atom is 0.253 e. The number of aromatic nitrogens is 1. The molecule has 0 spiro atoms. The molecule has 1 atom stereocenters. The summed E-state index contributed by atoms with van der Waals surface area (Å²) < 4.78 is 7.45. The minimum atomic E-state index is 0.00750. The Labute approximate surface area is 102 Å². The van der Waals surface area contributed by atoms with Gasteiger partial charge in [0.05, 0.1) is 18.8 Å². The zero-order valence-electron chi connectivity index (χ0n) is 10.7. The molecule has 1 aromatic heterocycles. The summed E-state index contributed by atoms with van der Waals surface area (Å²) in [4.78, 5) is 12.0. The van der Waals surface area contributed by atoms with Crippen molar-refractivity contribution in [2.45, 2.75) is 40.0 Å². The Bertz CT molecular complexity index is 386. The van der Waals surface area contributed by atoms with Gasteiger partial charge in [-0.25, -0.2) is 0 Å². The van der Waals surface area contributed by atoms with Crippen LogP contribution in [0.3, 0.4) is 0 Å². The molecule has 4 heteroatoms. The maximum atomic E-state index is 12.0. The van der Waals surface area contributed by atoms with Gasteiger partial charge in [-0.3, -0.25) is 4.79 Å². The molecule has 1 aromatic rings. The molecule has 0 unspecified atom stereocenters. The average Bonchev–Trinajstić information content (AvgIpc) is 2.72. The second kappa shape index (κ2) is 4.92. The predicted octanol–water partition coefficient (Wildman–Crippen LogP) is 1.79. The molecule has 0 radical (unpaired) electrons. The number of hydrogen-bond donors (Lipinski definition) is 1. The Morgan fingerprint density at radius 2 is 2.24 bits per heavy atom. The third-order valence-corrected chi connectivity index (χ3v) is 3.33. The van der Waals surface area contributed by atoms with E-state index in [0.717, 1.165) is 24.4 Å². The van der Waals surface area contributed by atoms with Crippen LogP contribution in [0.1, 0.15) is 36.8 Å². The average molecular weight is 236 g/mol. The second-order valence-electron chi connectivity index (χ2n) is 4.97. The number of rotatable bonds is 3. The van der Waals surface area contributed by atoms with E-state index in [1.807, 2.05) is 19.2 Å². The fourth-order valence-electron chi connectivity index (χ4n) is 1.80. The fraction of sp³-hybridized carbons (Fsp3) is 0.615. The van der Waals surface area contributed by atoms with Crippen LogP contribution >= 0.6 is 0 Å². The molecule has 1 aliphatic heterocycles. The second-order valence-corrected chi connectivity index (χ2v) is 4.97. The molecule has 0 bridgehead atoms. The Morgan fingerprint density at radius 1 is 1.47 bits per heavy atom. The summed E-state index contributed by atoms with van der Waals surface area (Å²) in [5.41, 5.74) is 1.82. The molecule has 94 valence electrons. The molecule has 2 heterocycles. The van der Waals surface area contributed by atoms with E-state index < -0.39 is 0 Å². The van der Waals surface area contributed by atoms with Crippen LogP contribution in [0.15, 0.2) is 12.3 Å². The van der Waals surface area contributed by atoms with Crippen LogP contribution in [-0.4, -0.2) is 23.1 Å². The fourth-order valence-corrected chi connectivity index (χ4v) is 1.80. The van der Waals surface area contributed by atoms with Crippen molar-refractivity contribution in [1.82, 2.24) is 9.88 Å². The largest absolute Gasteiger partial charge is 0.373 e. The molecule has 0 aromatic carbocycles. The highest BCUT2D eigenvalue weighted by molar-refractivity contribution is 5.94. The van der Waals surface area contributed by atoms with E-state index >= 15 is 0 Å². The van der Waals surface area contributed by atoms with Crippen LogP contribution in [0.2, 0.25) is 0 Å². The number of amides is 1. The van der Waals surface area contributed by atoms with Crippen molar-refractivity contribution in [2.24, 2.45) is 5.92 Å². The van der Waals surface area contributed by atoms with Crippen molar-refractivity contribution < 1.29 is 9.53 Å². The molecule has 1 N–H and O–H groups in total. The molecule has 0 saturated heterocycles. The van der Waals surface area contributed by atoms with E-state index in [1.165, 1.54) is 0 Å². The van der Waals surface area contributed by atoms with Crippen LogP contribution in [0.25, 0.3) is 0 Å². The molecule has 1 aliphatic rings. The van der Waals surface area contributed by atoms with Crippen LogP contribution in [0.5, 0.6) is 0 Å². The van der Waals surface area contributed by atoms with E-state index in [0.29, 0.717) is 12.5 Å². The van der Waals surface area contributed by atoms with Gasteiger partial charge in [0.1, 0.15) is 0 Å². The lowest BCUT2D eigenvalue weighted by molar-refractivity contribution is 0.0850. The maximum absolute atomic E-state index is 12.0. The molecule has 2 rings (SSSR count). The minimum absolute atomic E-state index is 0.00750. The van der Waals surface area contributed by atoms with Gasteiger partial charge in [-0.1, -0.05) is 13.8 Å². The predicted molar refractivity (Wildman–Crippen MR) is 65.9 cm³/mol. The molecule has 0 aliphatic carbocycles. The first-order valence-corrected chi connectivity index (χ1v) is 6.15. The van der Waals surface area contributed by atoms with Gasteiger partial charge in [-0.05, 0) is 18.9 Å². The van der Waals surface area contributed by atoms with Gasteiger partial charge in [0.25, 0.3) is 5.91 Å². The molecule has 17 heavy (non-hydrogen) atoms. The molecule has 4 nitrogen and oxygen atoms in total. The number of carbonyl (C=O) groups is 1. The van der Waals surface area contributed by atoms with Gasteiger partial charge in [0.15, 0.2) is 0 Å². The Balaban J connectivity index is 2.07. The van der Waals surface area contributed by atoms with Gasteiger partial charge in [-0.15, -0.1) is 0 Å². The number of ether oxygens (including phenoxy) is 1. The van der Waals surface area contributed by atoms with Crippen molar-refractivity contribution >= 4 is 5.91 Å². The van der Waals surface area contributed by atoms with Gasteiger partial charge < -0.3 is 14.6 Å². The van der Waals surface area contributed by atoms with Crippen molar-refractivity contribution in [2.75, 3.05) is 6.61 Å². The summed E-state index contributed by atoms with van der Waals surface area (Å²) in [6.07, 6.45) is 1.92. The number of carbonyl (C=O) groups excluding carboxylic acids is 1. The first-order valence-electron chi connectivity index (χ1n) is 6.15. The highest BCUT2D eigenvalue weighted by atomic mass is 16.5. The van der Waals surface area contributed by atoms with Gasteiger partial charge in [0.2, 0.25) is 0 Å². The highest BCUT2D eigenvalue weighted by Gasteiger charge is 2.17. The van der Waals surface area contributed by atoms with E-state index in [9.17, 15) is 4.79 Å². The number of hydrogen-bond acceptors (Lipinski definition) is 2. The number of nitrogens with zero attached hydrogens (tertiary/aromatic N) is 1. The summed E-state index contributed by atoms with van der Waals surface area (Å²) in [6, 6.07) is 2.11. The Hall–Kier alpha value is -1.29. The Morgan fingerprint density at radius 3 is 2.88 bits per heavy atom. The highest BCUT2D eigenvalue weighted by Crippen LogP contribution is 2.14. The number of nitrogens with one attached hydrogen (secondary N) is 1. The Kier molecular flexibility index (Phi) is 3.52. The lowest BCUT2D eigenvalue weighted by Gasteiger charge is -2.16. The standard InChI is InChI=1S/C13H20N2O2/c1-9(2)10(3)14-13(16)11-6-12-8-17-5-4-15(12)7-11/h6-7,9-10H,4-5,8H2,1-3H3,(H,14,16)/t10-/m1/s1. The van der Waals surface area contributed by atoms with Crippen molar-refractivity contribution in [1.29, 1.82) is 0 Å². The summed E-state index contributed by atoms with van der Waals surface area (Å²) in [5.74, 6) is 0.452. The molecule has 1 amide bonds. The zero-order chi connectivity index (χ0) is 12.4. The quantitative estimate of drug-likeness (QED) is 0.869. The SMILES string of the molecule is CC(C)[C@@H](C)NC(=O)c1cc2n(c1)CCOC2. The summed E-state index contributed by atoms with van der Waals surface area (Å²) in [7, 11) is 0. The molecule has 0 fully saturated rings. The lowest BCUT2D eigenvalue weighted by Crippen LogP contribution is -2.35. The topological polar surface area (TPSA) is 43.3 Å². The van der Waals surface area contributed by atoms with Crippen LogP contribution < -0.4 is 5.32 Å². The zero-order valence-corrected chi connectivity index (χ0v) is 10.7. The van der Waals surface area contributed by atoms with E-state index in [4.69, 9.17) is 4.74 Å². The van der Waals surface area contributed by atoms with Crippen LogP contribution in [0.4, 0.5) is 0 Å². The third kappa shape index (κ3) is 2.69. The molecule has 0 saturated carbocycles. The van der Waals surface area contributed by atoms with Crippen LogP contribution in [-0.2, 0) is 17.9 Å². The summed E-state index contributed by atoms with van der Waals surface area (Å²) >= 11 is 0. The van der Waals surface area contributed by atoms with Gasteiger partial charge in [0, 0.05) is 24.5 Å². The van der Waals surface area contributed by atoms with E-state index in [1.54, 1.807) is 0 Å². The first-order chi connectivity index (χ1) is 8.08. The molecular weight excluding hydrogens is 216 g/mol. The monoisotopic (exact) mass is 236 g/mol. The van der Waals surface area contributed by atoms with E-state index in [-0.39, 0.29) is 11.9 Å². The van der Waals surface area contributed by atoms with Crippen molar-refractivity contribution in [3.63, 3.8) is 0 Å². The minimum Gasteiger partial charge on any atom is -0.373 e. The van der Waals surface area contributed by atoms with Gasteiger partial charge in [-0.2, -0.15) is 0 Å². The lowest BCUT2D eigenvalue weighted by atomic mass is 10.1.